The standard InChI is InChI=1S/C17H25N3O2/c1-18-15-13(6-4-10-19-15)16(21)20-11-5-9-17(12-20)8-3-7-14(17)22-2/h4,6,10,14H,3,5,7-9,11-12H2,1-2H3,(H,18,19)/t14-,17-/m1/s1. The van der Waals surface area contributed by atoms with Crippen molar-refractivity contribution in [3.05, 3.63) is 23.9 Å². The quantitative estimate of drug-likeness (QED) is 0.932. The van der Waals surface area contributed by atoms with Crippen LogP contribution >= 0.6 is 0 Å². The number of carbonyl (C=O) groups is 1. The van der Waals surface area contributed by atoms with Gasteiger partial charge in [-0.2, -0.15) is 0 Å². The summed E-state index contributed by atoms with van der Waals surface area (Å²) in [6.07, 6.45) is 7.71. The molecular formula is C17H25N3O2. The summed E-state index contributed by atoms with van der Waals surface area (Å²) in [5, 5.41) is 3.01. The van der Waals surface area contributed by atoms with Crippen molar-refractivity contribution in [2.24, 2.45) is 5.41 Å². The number of anilines is 1. The SMILES string of the molecule is CNc1ncccc1C(=O)N1CCC[C@]2(CCC[C@H]2OC)C1. The zero-order chi connectivity index (χ0) is 15.6. The fourth-order valence-electron chi connectivity index (χ4n) is 4.22. The third-order valence-corrected chi connectivity index (χ3v) is 5.28. The van der Waals surface area contributed by atoms with Crippen LogP contribution in [0.1, 0.15) is 42.5 Å². The first-order valence-electron chi connectivity index (χ1n) is 8.15. The molecule has 3 rings (SSSR count). The van der Waals surface area contributed by atoms with Crippen molar-refractivity contribution < 1.29 is 9.53 Å². The maximum atomic E-state index is 12.9. The lowest BCUT2D eigenvalue weighted by Crippen LogP contribution is -2.49. The third-order valence-electron chi connectivity index (χ3n) is 5.28. The Morgan fingerprint density at radius 2 is 2.27 bits per heavy atom. The fraction of sp³-hybridized carbons (Fsp3) is 0.647. The molecule has 2 heterocycles. The Morgan fingerprint density at radius 3 is 3.05 bits per heavy atom. The molecule has 1 aliphatic heterocycles. The molecule has 0 radical (unpaired) electrons. The Hall–Kier alpha value is -1.62. The largest absolute Gasteiger partial charge is 0.381 e. The van der Waals surface area contributed by atoms with Gasteiger partial charge in [-0.15, -0.1) is 0 Å². The van der Waals surface area contributed by atoms with E-state index in [2.05, 4.69) is 10.3 Å². The van der Waals surface area contributed by atoms with E-state index in [9.17, 15) is 4.79 Å². The van der Waals surface area contributed by atoms with Crippen molar-refractivity contribution in [1.29, 1.82) is 0 Å². The lowest BCUT2D eigenvalue weighted by molar-refractivity contribution is -0.0295. The molecule has 2 atom stereocenters. The van der Waals surface area contributed by atoms with Gasteiger partial charge in [-0.1, -0.05) is 6.42 Å². The summed E-state index contributed by atoms with van der Waals surface area (Å²) in [7, 11) is 3.60. The first-order valence-corrected chi connectivity index (χ1v) is 8.15. The van der Waals surface area contributed by atoms with Gasteiger partial charge in [0.15, 0.2) is 0 Å². The Labute approximate surface area is 132 Å². The van der Waals surface area contributed by atoms with Crippen molar-refractivity contribution in [2.75, 3.05) is 32.6 Å². The highest BCUT2D eigenvalue weighted by Gasteiger charge is 2.46. The Kier molecular flexibility index (Phi) is 4.34. The number of aromatic nitrogens is 1. The number of hydrogen-bond donors (Lipinski definition) is 1. The second kappa shape index (κ2) is 6.24. The van der Waals surface area contributed by atoms with E-state index in [-0.39, 0.29) is 11.3 Å². The highest BCUT2D eigenvalue weighted by molar-refractivity contribution is 5.98. The molecule has 0 bridgehead atoms. The van der Waals surface area contributed by atoms with E-state index in [0.29, 0.717) is 17.5 Å². The molecule has 1 aromatic heterocycles. The number of nitrogens with one attached hydrogen (secondary N) is 1. The molecule has 1 spiro atoms. The summed E-state index contributed by atoms with van der Waals surface area (Å²) in [6, 6.07) is 3.67. The summed E-state index contributed by atoms with van der Waals surface area (Å²) < 4.78 is 5.72. The van der Waals surface area contributed by atoms with Crippen LogP contribution in [0.3, 0.4) is 0 Å². The summed E-state index contributed by atoms with van der Waals surface area (Å²) in [6.45, 7) is 1.64. The van der Waals surface area contributed by atoms with Crippen LogP contribution in [-0.4, -0.2) is 49.1 Å². The minimum atomic E-state index is 0.0817. The normalized spacial score (nSPS) is 28.1. The zero-order valence-corrected chi connectivity index (χ0v) is 13.5. The lowest BCUT2D eigenvalue weighted by atomic mass is 9.76. The Bertz CT molecular complexity index is 548. The second-order valence-electron chi connectivity index (χ2n) is 6.46. The lowest BCUT2D eigenvalue weighted by Gasteiger charge is -2.43. The molecule has 2 aliphatic rings. The van der Waals surface area contributed by atoms with E-state index in [1.165, 1.54) is 19.3 Å². The Balaban J connectivity index is 1.81. The maximum absolute atomic E-state index is 12.9. The minimum Gasteiger partial charge on any atom is -0.381 e. The average Bonchev–Trinajstić information content (AvgIpc) is 2.95. The smallest absolute Gasteiger partial charge is 0.257 e. The van der Waals surface area contributed by atoms with E-state index in [1.807, 2.05) is 17.0 Å². The van der Waals surface area contributed by atoms with Gasteiger partial charge in [0.05, 0.1) is 11.7 Å². The van der Waals surface area contributed by atoms with Crippen LogP contribution in [0.15, 0.2) is 18.3 Å². The van der Waals surface area contributed by atoms with Gasteiger partial charge in [-0.3, -0.25) is 4.79 Å². The molecule has 120 valence electrons. The van der Waals surface area contributed by atoms with Crippen LogP contribution in [-0.2, 0) is 4.74 Å². The maximum Gasteiger partial charge on any atom is 0.257 e. The number of amides is 1. The number of methoxy groups -OCH3 is 1. The number of nitrogens with zero attached hydrogens (tertiary/aromatic N) is 2. The number of hydrogen-bond acceptors (Lipinski definition) is 4. The van der Waals surface area contributed by atoms with Gasteiger partial charge < -0.3 is 15.0 Å². The molecule has 1 aromatic rings. The molecule has 0 unspecified atom stereocenters. The van der Waals surface area contributed by atoms with Gasteiger partial charge in [0, 0.05) is 38.9 Å². The van der Waals surface area contributed by atoms with Crippen LogP contribution in [0, 0.1) is 5.41 Å². The summed E-state index contributed by atoms with van der Waals surface area (Å²) in [4.78, 5) is 19.2. The molecule has 1 saturated heterocycles. The highest BCUT2D eigenvalue weighted by atomic mass is 16.5. The average molecular weight is 303 g/mol. The van der Waals surface area contributed by atoms with E-state index >= 15 is 0 Å². The van der Waals surface area contributed by atoms with Crippen LogP contribution < -0.4 is 5.32 Å². The van der Waals surface area contributed by atoms with Gasteiger partial charge in [-0.25, -0.2) is 4.98 Å². The summed E-state index contributed by atoms with van der Waals surface area (Å²) in [5.41, 5.74) is 0.819. The molecule has 1 aliphatic carbocycles. The number of pyridine rings is 1. The second-order valence-corrected chi connectivity index (χ2v) is 6.46. The van der Waals surface area contributed by atoms with Gasteiger partial charge in [0.2, 0.25) is 0 Å². The predicted molar refractivity (Wildman–Crippen MR) is 86.0 cm³/mol. The van der Waals surface area contributed by atoms with E-state index in [0.717, 1.165) is 25.9 Å². The minimum absolute atomic E-state index is 0.0817. The zero-order valence-electron chi connectivity index (χ0n) is 13.5. The van der Waals surface area contributed by atoms with Crippen molar-refractivity contribution in [2.45, 2.75) is 38.2 Å². The predicted octanol–water partition coefficient (Wildman–Crippen LogP) is 2.54. The van der Waals surface area contributed by atoms with Gasteiger partial charge in [0.1, 0.15) is 5.82 Å². The first kappa shape index (κ1) is 15.3. The molecule has 1 saturated carbocycles. The number of carbonyl (C=O) groups excluding carboxylic acids is 1. The van der Waals surface area contributed by atoms with Gasteiger partial charge in [-0.05, 0) is 37.8 Å². The van der Waals surface area contributed by atoms with Crippen molar-refractivity contribution in [3.8, 4) is 0 Å². The monoisotopic (exact) mass is 303 g/mol. The summed E-state index contributed by atoms with van der Waals surface area (Å²) >= 11 is 0. The van der Waals surface area contributed by atoms with Crippen LogP contribution in [0.4, 0.5) is 5.82 Å². The van der Waals surface area contributed by atoms with E-state index in [1.54, 1.807) is 20.4 Å². The molecule has 0 aromatic carbocycles. The molecule has 5 nitrogen and oxygen atoms in total. The number of ether oxygens (including phenoxy) is 1. The molecule has 5 heteroatoms. The fourth-order valence-corrected chi connectivity index (χ4v) is 4.22. The van der Waals surface area contributed by atoms with Crippen molar-refractivity contribution in [1.82, 2.24) is 9.88 Å². The third kappa shape index (κ3) is 2.58. The molecular weight excluding hydrogens is 278 g/mol. The molecule has 22 heavy (non-hydrogen) atoms. The highest BCUT2D eigenvalue weighted by Crippen LogP contribution is 2.46. The van der Waals surface area contributed by atoms with E-state index < -0.39 is 0 Å². The number of rotatable bonds is 3. The van der Waals surface area contributed by atoms with Gasteiger partial charge >= 0.3 is 0 Å². The number of piperidine rings is 1. The number of likely N-dealkylation sites (tertiary alicyclic amines) is 1. The molecule has 1 N–H and O–H groups in total. The summed E-state index contributed by atoms with van der Waals surface area (Å²) in [5.74, 6) is 0.736. The van der Waals surface area contributed by atoms with Crippen LogP contribution in [0.5, 0.6) is 0 Å². The van der Waals surface area contributed by atoms with Crippen molar-refractivity contribution >= 4 is 11.7 Å². The van der Waals surface area contributed by atoms with Crippen LogP contribution in [0.2, 0.25) is 0 Å². The van der Waals surface area contributed by atoms with E-state index in [4.69, 9.17) is 4.74 Å². The van der Waals surface area contributed by atoms with Crippen LogP contribution in [0.25, 0.3) is 0 Å². The molecule has 2 fully saturated rings. The topological polar surface area (TPSA) is 54.5 Å². The van der Waals surface area contributed by atoms with Crippen molar-refractivity contribution in [3.63, 3.8) is 0 Å². The van der Waals surface area contributed by atoms with Gasteiger partial charge in [0.25, 0.3) is 5.91 Å². The molecule has 1 amide bonds. The first-order chi connectivity index (χ1) is 10.7. The Morgan fingerprint density at radius 1 is 1.45 bits per heavy atom.